The number of benzene rings is 1. The summed E-state index contributed by atoms with van der Waals surface area (Å²) >= 11 is 1.87. The van der Waals surface area contributed by atoms with E-state index in [0.29, 0.717) is 6.54 Å². The van der Waals surface area contributed by atoms with Gasteiger partial charge in [-0.2, -0.15) is 0 Å². The predicted octanol–water partition coefficient (Wildman–Crippen LogP) is 3.47. The number of hydrogen-bond donors (Lipinski definition) is 0. The largest absolute Gasteiger partial charge is 0.379 e. The molecule has 2 aromatic heterocycles. The molecule has 8 heteroatoms. The molecule has 6 rings (SSSR count). The number of nitrogens with zero attached hydrogens (tertiary/aromatic N) is 5. The van der Waals surface area contributed by atoms with Gasteiger partial charge in [0.15, 0.2) is 0 Å². The zero-order chi connectivity index (χ0) is 22.2. The van der Waals surface area contributed by atoms with Crippen LogP contribution in [-0.2, 0) is 30.7 Å². The molecule has 0 spiro atoms. The van der Waals surface area contributed by atoms with Crippen molar-refractivity contribution in [3.63, 3.8) is 0 Å². The summed E-state index contributed by atoms with van der Waals surface area (Å²) in [6.07, 6.45) is 3.55. The van der Waals surface area contributed by atoms with E-state index in [-0.39, 0.29) is 5.82 Å². The molecule has 0 radical (unpaired) electrons. The molecule has 2 aliphatic heterocycles. The SMILES string of the molecule is Fc1ccccc1CN1CCN(c2nc(CN3CCOCC3)nc3sc4c(c23)CCC4)CC1. The maximum absolute atomic E-state index is 14.1. The zero-order valence-electron chi connectivity index (χ0n) is 18.9. The molecule has 3 aromatic rings. The molecular weight excluding hydrogens is 437 g/mol. The van der Waals surface area contributed by atoms with Crippen LogP contribution in [0.5, 0.6) is 0 Å². The number of hydrogen-bond acceptors (Lipinski definition) is 7. The van der Waals surface area contributed by atoms with Crippen LogP contribution in [0.25, 0.3) is 10.2 Å². The van der Waals surface area contributed by atoms with Crippen LogP contribution in [0.2, 0.25) is 0 Å². The van der Waals surface area contributed by atoms with Gasteiger partial charge < -0.3 is 9.64 Å². The molecule has 0 unspecified atom stereocenters. The normalized spacial score (nSPS) is 20.0. The molecule has 0 N–H and O–H groups in total. The van der Waals surface area contributed by atoms with Gasteiger partial charge in [0.2, 0.25) is 0 Å². The number of aromatic nitrogens is 2. The lowest BCUT2D eigenvalue weighted by Crippen LogP contribution is -2.46. The van der Waals surface area contributed by atoms with Crippen molar-refractivity contribution < 1.29 is 9.13 Å². The molecule has 3 aliphatic rings. The van der Waals surface area contributed by atoms with Gasteiger partial charge in [0.25, 0.3) is 0 Å². The molecule has 4 heterocycles. The Morgan fingerprint density at radius 1 is 0.909 bits per heavy atom. The van der Waals surface area contributed by atoms with Gasteiger partial charge in [-0.3, -0.25) is 9.80 Å². The Bertz CT molecular complexity index is 1140. The second kappa shape index (κ2) is 9.25. The first-order valence-electron chi connectivity index (χ1n) is 12.1. The minimum atomic E-state index is -0.112. The van der Waals surface area contributed by atoms with Crippen molar-refractivity contribution in [2.24, 2.45) is 0 Å². The van der Waals surface area contributed by atoms with E-state index in [0.717, 1.165) is 87.5 Å². The minimum absolute atomic E-state index is 0.112. The van der Waals surface area contributed by atoms with Gasteiger partial charge in [-0.15, -0.1) is 11.3 Å². The maximum Gasteiger partial charge on any atom is 0.146 e. The zero-order valence-corrected chi connectivity index (χ0v) is 19.7. The van der Waals surface area contributed by atoms with E-state index in [1.807, 2.05) is 23.5 Å². The van der Waals surface area contributed by atoms with Gasteiger partial charge in [0.05, 0.1) is 25.1 Å². The van der Waals surface area contributed by atoms with Crippen LogP contribution in [0.3, 0.4) is 0 Å². The van der Waals surface area contributed by atoms with Crippen molar-refractivity contribution in [3.8, 4) is 0 Å². The molecule has 0 atom stereocenters. The Balaban J connectivity index is 1.25. The van der Waals surface area contributed by atoms with Crippen LogP contribution < -0.4 is 4.90 Å². The fourth-order valence-corrected chi connectivity index (χ4v) is 6.54. The van der Waals surface area contributed by atoms with Crippen molar-refractivity contribution in [1.82, 2.24) is 19.8 Å². The fraction of sp³-hybridized carbons (Fsp3) is 0.520. The number of rotatable bonds is 5. The number of morpholine rings is 1. The standard InChI is InChI=1S/C25H30FN5OS/c26-20-6-2-1-4-18(20)16-29-8-10-31(11-9-29)24-23-19-5-3-7-21(19)33-25(23)28-22(27-24)17-30-12-14-32-15-13-30/h1-2,4,6H,3,5,7-17H2. The molecule has 2 fully saturated rings. The summed E-state index contributed by atoms with van der Waals surface area (Å²) in [6, 6.07) is 7.11. The third-order valence-corrected chi connectivity index (χ3v) is 8.27. The van der Waals surface area contributed by atoms with Gasteiger partial charge in [0.1, 0.15) is 22.3 Å². The second-order valence-electron chi connectivity index (χ2n) is 9.24. The molecule has 2 saturated heterocycles. The van der Waals surface area contributed by atoms with Crippen LogP contribution >= 0.6 is 11.3 Å². The average molecular weight is 468 g/mol. The number of anilines is 1. The Morgan fingerprint density at radius 2 is 1.70 bits per heavy atom. The lowest BCUT2D eigenvalue weighted by Gasteiger charge is -2.36. The van der Waals surface area contributed by atoms with Gasteiger partial charge in [-0.05, 0) is 30.9 Å². The Kier molecular flexibility index (Phi) is 6.00. The van der Waals surface area contributed by atoms with Crippen molar-refractivity contribution in [3.05, 3.63) is 51.9 Å². The van der Waals surface area contributed by atoms with Crippen LogP contribution in [0.15, 0.2) is 24.3 Å². The van der Waals surface area contributed by atoms with E-state index >= 15 is 0 Å². The molecular formula is C25H30FN5OS. The quantitative estimate of drug-likeness (QED) is 0.573. The Morgan fingerprint density at radius 3 is 2.52 bits per heavy atom. The lowest BCUT2D eigenvalue weighted by molar-refractivity contribution is 0.0331. The topological polar surface area (TPSA) is 44.7 Å². The summed E-state index contributed by atoms with van der Waals surface area (Å²) < 4.78 is 19.6. The predicted molar refractivity (Wildman–Crippen MR) is 129 cm³/mol. The summed E-state index contributed by atoms with van der Waals surface area (Å²) in [6.45, 7) is 8.51. The third kappa shape index (κ3) is 4.37. The number of piperazine rings is 1. The molecule has 174 valence electrons. The number of thiophene rings is 1. The average Bonchev–Trinajstić information content (AvgIpc) is 3.42. The highest BCUT2D eigenvalue weighted by Crippen LogP contribution is 2.41. The Hall–Kier alpha value is -2.13. The summed E-state index contributed by atoms with van der Waals surface area (Å²) in [5, 5.41) is 1.29. The summed E-state index contributed by atoms with van der Waals surface area (Å²) in [5.41, 5.74) is 2.26. The van der Waals surface area contributed by atoms with Crippen molar-refractivity contribution in [2.45, 2.75) is 32.4 Å². The van der Waals surface area contributed by atoms with Gasteiger partial charge in [-0.1, -0.05) is 18.2 Å². The molecule has 0 saturated carbocycles. The lowest BCUT2D eigenvalue weighted by atomic mass is 10.1. The van der Waals surface area contributed by atoms with Crippen molar-refractivity contribution in [1.29, 1.82) is 0 Å². The highest BCUT2D eigenvalue weighted by atomic mass is 32.1. The molecule has 1 aliphatic carbocycles. The maximum atomic E-state index is 14.1. The Labute approximate surface area is 198 Å². The monoisotopic (exact) mass is 467 g/mol. The minimum Gasteiger partial charge on any atom is -0.379 e. The van der Waals surface area contributed by atoms with Gasteiger partial charge >= 0.3 is 0 Å². The summed E-state index contributed by atoms with van der Waals surface area (Å²) in [4.78, 5) is 20.0. The number of halogens is 1. The van der Waals surface area contributed by atoms with E-state index < -0.39 is 0 Å². The van der Waals surface area contributed by atoms with E-state index in [9.17, 15) is 4.39 Å². The first kappa shape index (κ1) is 21.4. The number of ether oxygens (including phenoxy) is 1. The van der Waals surface area contributed by atoms with Gasteiger partial charge in [-0.25, -0.2) is 14.4 Å². The number of fused-ring (bicyclic) bond motifs is 3. The molecule has 1 aromatic carbocycles. The highest BCUT2D eigenvalue weighted by molar-refractivity contribution is 7.19. The third-order valence-electron chi connectivity index (χ3n) is 7.08. The van der Waals surface area contributed by atoms with E-state index in [1.165, 1.54) is 28.7 Å². The number of aryl methyl sites for hydroxylation is 2. The van der Waals surface area contributed by atoms with Crippen LogP contribution in [-0.4, -0.2) is 72.3 Å². The van der Waals surface area contributed by atoms with Crippen molar-refractivity contribution in [2.75, 3.05) is 57.4 Å². The van der Waals surface area contributed by atoms with Gasteiger partial charge in [0, 0.05) is 56.3 Å². The summed E-state index contributed by atoms with van der Waals surface area (Å²) in [7, 11) is 0. The van der Waals surface area contributed by atoms with Crippen molar-refractivity contribution >= 4 is 27.4 Å². The second-order valence-corrected chi connectivity index (χ2v) is 10.3. The molecule has 6 nitrogen and oxygen atoms in total. The van der Waals surface area contributed by atoms with E-state index in [4.69, 9.17) is 14.7 Å². The van der Waals surface area contributed by atoms with E-state index in [1.54, 1.807) is 12.1 Å². The summed E-state index contributed by atoms with van der Waals surface area (Å²) in [5.74, 6) is 1.93. The fourth-order valence-electron chi connectivity index (χ4n) is 5.26. The smallest absolute Gasteiger partial charge is 0.146 e. The first-order chi connectivity index (χ1) is 16.2. The van der Waals surface area contributed by atoms with Crippen LogP contribution in [0, 0.1) is 5.82 Å². The van der Waals surface area contributed by atoms with E-state index in [2.05, 4.69) is 14.7 Å². The van der Waals surface area contributed by atoms with Crippen LogP contribution in [0.4, 0.5) is 10.2 Å². The highest BCUT2D eigenvalue weighted by Gasteiger charge is 2.27. The molecule has 0 bridgehead atoms. The molecule has 0 amide bonds. The first-order valence-corrected chi connectivity index (χ1v) is 12.9. The van der Waals surface area contributed by atoms with Crippen LogP contribution in [0.1, 0.15) is 28.2 Å². The molecule has 33 heavy (non-hydrogen) atoms.